The van der Waals surface area contributed by atoms with Crippen molar-refractivity contribution in [2.24, 2.45) is 0 Å². The molecule has 0 saturated heterocycles. The molecule has 0 unspecified atom stereocenters. The van der Waals surface area contributed by atoms with Gasteiger partial charge in [0, 0.05) is 12.1 Å². The highest BCUT2D eigenvalue weighted by Gasteiger charge is 2.16. The maximum atomic E-state index is 8.91. The van der Waals surface area contributed by atoms with E-state index >= 15 is 0 Å². The van der Waals surface area contributed by atoms with Crippen LogP contribution in [0.2, 0.25) is 0 Å². The standard InChI is InChI=1S/C10H15N3O/c1-4-7(2)13-8(6-11)5-9(12)10(13)14-3/h5,7H,4,12H2,1-3H3/t7-/m0/s1. The highest BCUT2D eigenvalue weighted by atomic mass is 16.5. The molecule has 4 nitrogen and oxygen atoms in total. The quantitative estimate of drug-likeness (QED) is 0.797. The Morgan fingerprint density at radius 1 is 1.71 bits per heavy atom. The van der Waals surface area contributed by atoms with Crippen LogP contribution in [0.15, 0.2) is 6.07 Å². The molecule has 1 aromatic heterocycles. The van der Waals surface area contributed by atoms with Crippen molar-refractivity contribution in [2.45, 2.75) is 26.3 Å². The van der Waals surface area contributed by atoms with Gasteiger partial charge in [-0.25, -0.2) is 0 Å². The van der Waals surface area contributed by atoms with Gasteiger partial charge in [0.05, 0.1) is 12.8 Å². The van der Waals surface area contributed by atoms with Gasteiger partial charge in [-0.1, -0.05) is 6.92 Å². The average Bonchev–Trinajstić information content (AvgIpc) is 2.53. The summed E-state index contributed by atoms with van der Waals surface area (Å²) in [5.41, 5.74) is 6.79. The second-order valence-corrected chi connectivity index (χ2v) is 3.23. The lowest BCUT2D eigenvalue weighted by atomic mass is 10.2. The topological polar surface area (TPSA) is 64.0 Å². The van der Waals surface area contributed by atoms with Gasteiger partial charge in [-0.15, -0.1) is 0 Å². The van der Waals surface area contributed by atoms with Gasteiger partial charge >= 0.3 is 0 Å². The molecule has 0 aromatic carbocycles. The van der Waals surface area contributed by atoms with Crippen LogP contribution in [0.25, 0.3) is 0 Å². The van der Waals surface area contributed by atoms with Crippen LogP contribution >= 0.6 is 0 Å². The van der Waals surface area contributed by atoms with Crippen LogP contribution in [0.1, 0.15) is 32.0 Å². The zero-order valence-electron chi connectivity index (χ0n) is 8.74. The van der Waals surface area contributed by atoms with E-state index in [9.17, 15) is 0 Å². The summed E-state index contributed by atoms with van der Waals surface area (Å²) in [5, 5.41) is 8.91. The zero-order chi connectivity index (χ0) is 10.7. The van der Waals surface area contributed by atoms with Gasteiger partial charge in [0.25, 0.3) is 0 Å². The fraction of sp³-hybridized carbons (Fsp3) is 0.500. The van der Waals surface area contributed by atoms with Crippen LogP contribution in [-0.2, 0) is 0 Å². The summed E-state index contributed by atoms with van der Waals surface area (Å²) in [4.78, 5) is 0. The molecule has 0 radical (unpaired) electrons. The summed E-state index contributed by atoms with van der Waals surface area (Å²) in [6.07, 6.45) is 0.930. The molecule has 0 bridgehead atoms. The number of anilines is 1. The molecule has 2 N–H and O–H groups in total. The number of rotatable bonds is 3. The normalized spacial score (nSPS) is 12.1. The van der Waals surface area contributed by atoms with Crippen LogP contribution in [-0.4, -0.2) is 11.7 Å². The third kappa shape index (κ3) is 1.53. The lowest BCUT2D eigenvalue weighted by Gasteiger charge is -2.15. The molecule has 0 amide bonds. The highest BCUT2D eigenvalue weighted by Crippen LogP contribution is 2.30. The molecule has 0 aliphatic rings. The second kappa shape index (κ2) is 4.05. The number of nitriles is 1. The maximum Gasteiger partial charge on any atom is 0.218 e. The number of hydrogen-bond acceptors (Lipinski definition) is 3. The number of nitrogen functional groups attached to an aromatic ring is 1. The Morgan fingerprint density at radius 2 is 2.36 bits per heavy atom. The molecule has 1 aromatic rings. The molecular formula is C10H15N3O. The van der Waals surface area contributed by atoms with Crippen molar-refractivity contribution in [1.29, 1.82) is 5.26 Å². The Kier molecular flexibility index (Phi) is 3.03. The fourth-order valence-corrected chi connectivity index (χ4v) is 1.45. The summed E-state index contributed by atoms with van der Waals surface area (Å²) in [7, 11) is 1.56. The number of aromatic nitrogens is 1. The maximum absolute atomic E-state index is 8.91. The van der Waals surface area contributed by atoms with E-state index in [4.69, 9.17) is 15.7 Å². The lowest BCUT2D eigenvalue weighted by molar-refractivity contribution is 0.353. The van der Waals surface area contributed by atoms with Crippen LogP contribution in [0.5, 0.6) is 5.88 Å². The largest absolute Gasteiger partial charge is 0.481 e. The first-order valence-corrected chi connectivity index (χ1v) is 4.60. The summed E-state index contributed by atoms with van der Waals surface area (Å²) in [6, 6.07) is 3.97. The molecule has 0 aliphatic carbocycles. The van der Waals surface area contributed by atoms with Crippen molar-refractivity contribution in [3.63, 3.8) is 0 Å². The Balaban J connectivity index is 3.29. The number of methoxy groups -OCH3 is 1. The lowest BCUT2D eigenvalue weighted by Crippen LogP contribution is -2.08. The SMILES string of the molecule is CC[C@H](C)n1c(C#N)cc(N)c1OC. The summed E-state index contributed by atoms with van der Waals surface area (Å²) >= 11 is 0. The van der Waals surface area contributed by atoms with E-state index in [1.165, 1.54) is 0 Å². The molecule has 0 aliphatic heterocycles. The first kappa shape index (κ1) is 10.5. The Labute approximate surface area is 83.9 Å². The van der Waals surface area contributed by atoms with E-state index in [1.807, 2.05) is 11.5 Å². The molecular weight excluding hydrogens is 178 g/mol. The molecule has 0 fully saturated rings. The predicted octanol–water partition coefficient (Wildman–Crippen LogP) is 1.92. The minimum atomic E-state index is 0.219. The van der Waals surface area contributed by atoms with E-state index < -0.39 is 0 Å². The van der Waals surface area contributed by atoms with Gasteiger partial charge < -0.3 is 10.5 Å². The Bertz CT molecular complexity index is 362. The Hall–Kier alpha value is -1.63. The van der Waals surface area contributed by atoms with E-state index in [1.54, 1.807) is 13.2 Å². The first-order chi connectivity index (χ1) is 6.65. The van der Waals surface area contributed by atoms with Gasteiger partial charge in [0.15, 0.2) is 0 Å². The zero-order valence-corrected chi connectivity index (χ0v) is 8.74. The summed E-state index contributed by atoms with van der Waals surface area (Å²) in [5.74, 6) is 0.580. The van der Waals surface area contributed by atoms with Crippen molar-refractivity contribution in [2.75, 3.05) is 12.8 Å². The first-order valence-electron chi connectivity index (χ1n) is 4.60. The van der Waals surface area contributed by atoms with E-state index in [-0.39, 0.29) is 6.04 Å². The molecule has 0 saturated carbocycles. The number of ether oxygens (including phenoxy) is 1. The third-order valence-corrected chi connectivity index (χ3v) is 2.36. The molecule has 1 atom stereocenters. The minimum absolute atomic E-state index is 0.219. The third-order valence-electron chi connectivity index (χ3n) is 2.36. The van der Waals surface area contributed by atoms with Crippen molar-refractivity contribution in [3.05, 3.63) is 11.8 Å². The number of hydrogen-bond donors (Lipinski definition) is 1. The summed E-state index contributed by atoms with van der Waals surface area (Å²) < 4.78 is 7.00. The molecule has 1 rings (SSSR count). The van der Waals surface area contributed by atoms with Crippen LogP contribution < -0.4 is 10.5 Å². The fourth-order valence-electron chi connectivity index (χ4n) is 1.45. The van der Waals surface area contributed by atoms with Crippen LogP contribution in [0, 0.1) is 11.3 Å². The predicted molar refractivity (Wildman–Crippen MR) is 55.1 cm³/mol. The summed E-state index contributed by atoms with van der Waals surface area (Å²) in [6.45, 7) is 4.09. The Morgan fingerprint density at radius 3 is 2.79 bits per heavy atom. The van der Waals surface area contributed by atoms with Crippen molar-refractivity contribution in [1.82, 2.24) is 4.57 Å². The molecule has 1 heterocycles. The van der Waals surface area contributed by atoms with E-state index in [2.05, 4.69) is 13.0 Å². The van der Waals surface area contributed by atoms with Gasteiger partial charge in [-0.05, 0) is 13.3 Å². The van der Waals surface area contributed by atoms with Gasteiger partial charge in [0.2, 0.25) is 5.88 Å². The molecule has 0 spiro atoms. The van der Waals surface area contributed by atoms with E-state index in [0.29, 0.717) is 17.3 Å². The van der Waals surface area contributed by atoms with Gasteiger partial charge in [-0.2, -0.15) is 5.26 Å². The van der Waals surface area contributed by atoms with E-state index in [0.717, 1.165) is 6.42 Å². The van der Waals surface area contributed by atoms with Crippen LogP contribution in [0.3, 0.4) is 0 Å². The van der Waals surface area contributed by atoms with Crippen LogP contribution in [0.4, 0.5) is 5.69 Å². The number of nitrogens with zero attached hydrogens (tertiary/aromatic N) is 2. The minimum Gasteiger partial charge on any atom is -0.481 e. The van der Waals surface area contributed by atoms with Gasteiger partial charge in [-0.3, -0.25) is 4.57 Å². The van der Waals surface area contributed by atoms with Crippen molar-refractivity contribution >= 4 is 5.69 Å². The smallest absolute Gasteiger partial charge is 0.218 e. The average molecular weight is 193 g/mol. The monoisotopic (exact) mass is 193 g/mol. The highest BCUT2D eigenvalue weighted by molar-refractivity contribution is 5.55. The molecule has 14 heavy (non-hydrogen) atoms. The van der Waals surface area contributed by atoms with Crippen molar-refractivity contribution in [3.8, 4) is 11.9 Å². The number of nitrogens with two attached hydrogens (primary N) is 1. The molecule has 76 valence electrons. The van der Waals surface area contributed by atoms with Gasteiger partial charge in [0.1, 0.15) is 11.8 Å². The second-order valence-electron chi connectivity index (χ2n) is 3.23. The van der Waals surface area contributed by atoms with Crippen molar-refractivity contribution < 1.29 is 4.74 Å². The molecule has 4 heteroatoms.